The Morgan fingerprint density at radius 3 is 2.88 bits per heavy atom. The van der Waals surface area contributed by atoms with Crippen molar-refractivity contribution in [3.05, 3.63) is 48.2 Å². The van der Waals surface area contributed by atoms with Crippen LogP contribution in [0.15, 0.2) is 42.6 Å². The molecule has 0 saturated carbocycles. The fourth-order valence-corrected chi connectivity index (χ4v) is 2.19. The predicted molar refractivity (Wildman–Crippen MR) is 69.3 cm³/mol. The van der Waals surface area contributed by atoms with E-state index in [2.05, 4.69) is 31.2 Å². The first kappa shape index (κ1) is 10.4. The SMILES string of the molecule is BrCc1cccnc1-n1nnc2ccccc21. The van der Waals surface area contributed by atoms with E-state index in [-0.39, 0.29) is 0 Å². The Labute approximate surface area is 106 Å². The predicted octanol–water partition coefficient (Wildman–Crippen LogP) is 2.71. The molecule has 0 radical (unpaired) electrons. The van der Waals surface area contributed by atoms with Crippen molar-refractivity contribution < 1.29 is 0 Å². The topological polar surface area (TPSA) is 43.6 Å². The van der Waals surface area contributed by atoms with E-state index in [9.17, 15) is 0 Å². The maximum atomic E-state index is 4.37. The van der Waals surface area contributed by atoms with Crippen LogP contribution in [-0.2, 0) is 5.33 Å². The van der Waals surface area contributed by atoms with Crippen molar-refractivity contribution in [2.24, 2.45) is 0 Å². The number of fused-ring (bicyclic) bond motifs is 1. The molecule has 2 aromatic heterocycles. The minimum atomic E-state index is 0.740. The monoisotopic (exact) mass is 288 g/mol. The summed E-state index contributed by atoms with van der Waals surface area (Å²) in [6, 6.07) is 11.8. The van der Waals surface area contributed by atoms with Gasteiger partial charge in [0.2, 0.25) is 0 Å². The molecule has 0 aliphatic carbocycles. The van der Waals surface area contributed by atoms with Crippen molar-refractivity contribution in [2.45, 2.75) is 5.33 Å². The smallest absolute Gasteiger partial charge is 0.159 e. The van der Waals surface area contributed by atoms with Crippen LogP contribution in [0.5, 0.6) is 0 Å². The van der Waals surface area contributed by atoms with Gasteiger partial charge in [-0.2, -0.15) is 4.68 Å². The zero-order valence-electron chi connectivity index (χ0n) is 8.92. The van der Waals surface area contributed by atoms with Crippen LogP contribution in [0.1, 0.15) is 5.56 Å². The molecule has 1 aromatic carbocycles. The van der Waals surface area contributed by atoms with E-state index in [1.165, 1.54) is 0 Å². The molecule has 0 unspecified atom stereocenters. The largest absolute Gasteiger partial charge is 0.237 e. The average molecular weight is 289 g/mol. The van der Waals surface area contributed by atoms with E-state index in [1.54, 1.807) is 10.9 Å². The van der Waals surface area contributed by atoms with Gasteiger partial charge in [0.1, 0.15) is 5.52 Å². The molecule has 3 aromatic rings. The molecular formula is C12H9BrN4. The van der Waals surface area contributed by atoms with Gasteiger partial charge in [0.25, 0.3) is 0 Å². The Balaban J connectivity index is 2.27. The summed E-state index contributed by atoms with van der Waals surface area (Å²) in [5.41, 5.74) is 2.93. The molecule has 0 saturated heterocycles. The maximum absolute atomic E-state index is 4.37. The van der Waals surface area contributed by atoms with Crippen molar-refractivity contribution in [1.29, 1.82) is 0 Å². The minimum absolute atomic E-state index is 0.740. The molecular weight excluding hydrogens is 280 g/mol. The van der Waals surface area contributed by atoms with Crippen molar-refractivity contribution in [1.82, 2.24) is 20.0 Å². The van der Waals surface area contributed by atoms with Gasteiger partial charge in [-0.15, -0.1) is 5.10 Å². The molecule has 0 spiro atoms. The van der Waals surface area contributed by atoms with E-state index < -0.39 is 0 Å². The molecule has 0 bridgehead atoms. The fourth-order valence-electron chi connectivity index (χ4n) is 1.75. The standard InChI is InChI=1S/C12H9BrN4/c13-8-9-4-3-7-14-12(9)17-11-6-2-1-5-10(11)15-16-17/h1-7H,8H2. The van der Waals surface area contributed by atoms with Crippen LogP contribution in [-0.4, -0.2) is 20.0 Å². The number of alkyl halides is 1. The highest BCUT2D eigenvalue weighted by Crippen LogP contribution is 2.18. The van der Waals surface area contributed by atoms with Crippen LogP contribution >= 0.6 is 15.9 Å². The molecule has 0 amide bonds. The first-order chi connectivity index (χ1) is 8.40. The summed E-state index contributed by atoms with van der Waals surface area (Å²) in [5.74, 6) is 0.818. The van der Waals surface area contributed by atoms with Gasteiger partial charge in [0.15, 0.2) is 5.82 Å². The van der Waals surface area contributed by atoms with Crippen LogP contribution in [0.2, 0.25) is 0 Å². The van der Waals surface area contributed by atoms with E-state index in [1.807, 2.05) is 36.4 Å². The van der Waals surface area contributed by atoms with Gasteiger partial charge >= 0.3 is 0 Å². The molecule has 0 aliphatic heterocycles. The summed E-state index contributed by atoms with van der Waals surface area (Å²) in [4.78, 5) is 4.37. The summed E-state index contributed by atoms with van der Waals surface area (Å²) >= 11 is 3.46. The lowest BCUT2D eigenvalue weighted by Crippen LogP contribution is -2.03. The highest BCUT2D eigenvalue weighted by Gasteiger charge is 2.09. The zero-order valence-corrected chi connectivity index (χ0v) is 10.5. The van der Waals surface area contributed by atoms with Crippen molar-refractivity contribution in [3.8, 4) is 5.82 Å². The third-order valence-electron chi connectivity index (χ3n) is 2.56. The van der Waals surface area contributed by atoms with Gasteiger partial charge in [-0.25, -0.2) is 4.98 Å². The van der Waals surface area contributed by atoms with Crippen molar-refractivity contribution in [2.75, 3.05) is 0 Å². The summed E-state index contributed by atoms with van der Waals surface area (Å²) in [6.07, 6.45) is 1.76. The second kappa shape index (κ2) is 4.25. The fraction of sp³-hybridized carbons (Fsp3) is 0.0833. The lowest BCUT2D eigenvalue weighted by atomic mass is 10.2. The number of rotatable bonds is 2. The van der Waals surface area contributed by atoms with Crippen LogP contribution in [0.4, 0.5) is 0 Å². The summed E-state index contributed by atoms with van der Waals surface area (Å²) in [5, 5.41) is 9.03. The van der Waals surface area contributed by atoms with Gasteiger partial charge in [-0.1, -0.05) is 39.3 Å². The number of nitrogens with zero attached hydrogens (tertiary/aromatic N) is 4. The van der Waals surface area contributed by atoms with Crippen molar-refractivity contribution >= 4 is 27.0 Å². The first-order valence-electron chi connectivity index (χ1n) is 5.21. The summed E-state index contributed by atoms with van der Waals surface area (Å²) in [7, 11) is 0. The maximum Gasteiger partial charge on any atom is 0.159 e. The van der Waals surface area contributed by atoms with Crippen LogP contribution in [0.25, 0.3) is 16.9 Å². The van der Waals surface area contributed by atoms with Gasteiger partial charge in [0.05, 0.1) is 5.52 Å². The Hall–Kier alpha value is -1.75. The molecule has 2 heterocycles. The highest BCUT2D eigenvalue weighted by atomic mass is 79.9. The zero-order chi connectivity index (χ0) is 11.7. The lowest BCUT2D eigenvalue weighted by Gasteiger charge is -2.05. The third-order valence-corrected chi connectivity index (χ3v) is 3.17. The van der Waals surface area contributed by atoms with Gasteiger partial charge in [-0.05, 0) is 18.2 Å². The van der Waals surface area contributed by atoms with Crippen LogP contribution < -0.4 is 0 Å². The summed E-state index contributed by atoms with van der Waals surface area (Å²) in [6.45, 7) is 0. The first-order valence-corrected chi connectivity index (χ1v) is 6.33. The number of hydrogen-bond acceptors (Lipinski definition) is 3. The van der Waals surface area contributed by atoms with E-state index in [0.717, 1.165) is 27.7 Å². The number of halogens is 1. The third kappa shape index (κ3) is 1.72. The van der Waals surface area contributed by atoms with Crippen LogP contribution in [0, 0.1) is 0 Å². The number of para-hydroxylation sites is 1. The number of hydrogen-bond donors (Lipinski definition) is 0. The number of pyridine rings is 1. The van der Waals surface area contributed by atoms with Gasteiger partial charge < -0.3 is 0 Å². The van der Waals surface area contributed by atoms with E-state index in [0.29, 0.717) is 0 Å². The second-order valence-corrected chi connectivity index (χ2v) is 4.17. The molecule has 3 rings (SSSR count). The Bertz CT molecular complexity index is 662. The Kier molecular flexibility index (Phi) is 2.60. The number of aromatic nitrogens is 4. The van der Waals surface area contributed by atoms with E-state index in [4.69, 9.17) is 0 Å². The number of benzene rings is 1. The average Bonchev–Trinajstić information content (AvgIpc) is 2.82. The van der Waals surface area contributed by atoms with Gasteiger partial charge in [-0.3, -0.25) is 0 Å². The van der Waals surface area contributed by atoms with E-state index >= 15 is 0 Å². The van der Waals surface area contributed by atoms with Crippen LogP contribution in [0.3, 0.4) is 0 Å². The highest BCUT2D eigenvalue weighted by molar-refractivity contribution is 9.08. The second-order valence-electron chi connectivity index (χ2n) is 3.61. The molecule has 0 N–H and O–H groups in total. The quantitative estimate of drug-likeness (QED) is 0.681. The minimum Gasteiger partial charge on any atom is -0.237 e. The molecule has 0 aliphatic rings. The summed E-state index contributed by atoms with van der Waals surface area (Å²) < 4.78 is 1.77. The molecule has 84 valence electrons. The van der Waals surface area contributed by atoms with Gasteiger partial charge in [0, 0.05) is 17.1 Å². The van der Waals surface area contributed by atoms with Crippen molar-refractivity contribution in [3.63, 3.8) is 0 Å². The Morgan fingerprint density at radius 1 is 1.12 bits per heavy atom. The lowest BCUT2D eigenvalue weighted by molar-refractivity contribution is 0.795. The normalized spacial score (nSPS) is 10.9. The Morgan fingerprint density at radius 2 is 2.00 bits per heavy atom. The molecule has 0 atom stereocenters. The molecule has 4 nitrogen and oxygen atoms in total. The molecule has 5 heteroatoms. The molecule has 17 heavy (non-hydrogen) atoms. The molecule has 0 fully saturated rings.